The van der Waals surface area contributed by atoms with Crippen molar-refractivity contribution in [2.45, 2.75) is 115 Å². The molecule has 368 valence electrons. The molecule has 2 aliphatic carbocycles. The fraction of sp³-hybridized carbons (Fsp3) is 0.412. The second-order valence-electron chi connectivity index (χ2n) is 20.8. The first-order chi connectivity index (χ1) is 33.7. The predicted octanol–water partition coefficient (Wildman–Crippen LogP) is 8.96. The second kappa shape index (κ2) is 15.2. The molecule has 2 aliphatic heterocycles. The monoisotopic (exact) mass is 976 g/mol. The van der Waals surface area contributed by atoms with E-state index in [0.29, 0.717) is 70.1 Å². The van der Waals surface area contributed by atoms with Crippen LogP contribution < -0.4 is 11.4 Å². The molecule has 0 radical (unpaired) electrons. The number of halogens is 5. The Morgan fingerprint density at radius 3 is 2.32 bits per heavy atom. The molecule has 7 heterocycles. The van der Waals surface area contributed by atoms with Crippen LogP contribution in [0.5, 0.6) is 0 Å². The third-order valence-electron chi connectivity index (χ3n) is 15.5. The van der Waals surface area contributed by atoms with E-state index in [-0.39, 0.29) is 52.3 Å². The number of carbonyl (C=O) groups is 1. The largest absolute Gasteiger partial charge is 0.438 e. The van der Waals surface area contributed by atoms with E-state index in [1.807, 2.05) is 30.5 Å². The van der Waals surface area contributed by atoms with Crippen LogP contribution in [-0.2, 0) is 22.2 Å². The smallest absolute Gasteiger partial charge is 0.376 e. The molecule has 12 rings (SSSR count). The molecular weight excluding hydrogens is 928 g/mol. The van der Waals surface area contributed by atoms with Crippen molar-refractivity contribution in [2.24, 2.45) is 5.92 Å². The van der Waals surface area contributed by atoms with Gasteiger partial charge in [-0.05, 0) is 138 Å². The molecule has 8 aromatic rings. The van der Waals surface area contributed by atoms with Gasteiger partial charge in [0.05, 0.1) is 39.6 Å². The third kappa shape index (κ3) is 6.98. The van der Waals surface area contributed by atoms with Crippen molar-refractivity contribution in [1.82, 2.24) is 48.3 Å². The summed E-state index contributed by atoms with van der Waals surface area (Å²) in [7, 11) is 0. The molecule has 1 amide bonds. The van der Waals surface area contributed by atoms with Crippen LogP contribution in [0.25, 0.3) is 39.0 Å². The minimum absolute atomic E-state index is 0.0234. The number of aromatic amines is 1. The number of fused-ring (bicyclic) bond motifs is 4. The van der Waals surface area contributed by atoms with Crippen molar-refractivity contribution >= 4 is 27.7 Å². The summed E-state index contributed by atoms with van der Waals surface area (Å²) >= 11 is 0. The predicted molar refractivity (Wildman–Crippen MR) is 250 cm³/mol. The SMILES string of the molecule is Cc1cc(-n2nc3c(c2-n2ccn(-c4ccc5nn(CC(F)(F)F)cc5c4F)c2=O)[C@H](C)N(C(=O)c2cc4cc([C@H]5CCOC(C)(C)C5)ccc4n2[C@@]2(c4noc(=O)[nH]4)C[C@@H]2C)CC32CC2)cc(C)c1F. The second-order valence-corrected chi connectivity index (χ2v) is 20.8. The van der Waals surface area contributed by atoms with E-state index in [2.05, 4.69) is 41.2 Å². The Labute approximate surface area is 401 Å². The number of imidazole rings is 1. The van der Waals surface area contributed by atoms with Crippen LogP contribution in [0.4, 0.5) is 22.0 Å². The van der Waals surface area contributed by atoms with Crippen molar-refractivity contribution in [1.29, 1.82) is 0 Å². The molecular formula is C51H49F5N10O5. The summed E-state index contributed by atoms with van der Waals surface area (Å²) in [6, 6.07) is 13.4. The molecule has 1 spiro atoms. The number of nitrogens with zero attached hydrogens (tertiary/aromatic N) is 9. The third-order valence-corrected chi connectivity index (χ3v) is 15.5. The van der Waals surface area contributed by atoms with Crippen molar-refractivity contribution in [3.63, 3.8) is 0 Å². The maximum atomic E-state index is 16.4. The first-order valence-corrected chi connectivity index (χ1v) is 23.8. The van der Waals surface area contributed by atoms with E-state index in [0.717, 1.165) is 40.1 Å². The van der Waals surface area contributed by atoms with E-state index >= 15 is 13.6 Å². The van der Waals surface area contributed by atoms with E-state index < -0.39 is 52.8 Å². The molecule has 1 saturated heterocycles. The molecule has 4 aliphatic rings. The maximum Gasteiger partial charge on any atom is 0.438 e. The first-order valence-electron chi connectivity index (χ1n) is 23.8. The number of rotatable bonds is 8. The summed E-state index contributed by atoms with van der Waals surface area (Å²) in [5.74, 6) is -1.62. The molecule has 3 fully saturated rings. The summed E-state index contributed by atoms with van der Waals surface area (Å²) in [5, 5.41) is 13.9. The highest BCUT2D eigenvalue weighted by Gasteiger charge is 2.60. The van der Waals surface area contributed by atoms with Gasteiger partial charge in [0.2, 0.25) is 0 Å². The van der Waals surface area contributed by atoms with Crippen LogP contribution in [0.2, 0.25) is 0 Å². The average Bonchev–Trinajstić information content (AvgIpc) is 3.73. The number of amides is 1. The van der Waals surface area contributed by atoms with Gasteiger partial charge >= 0.3 is 17.6 Å². The number of carbonyl (C=O) groups excluding carboxylic acids is 1. The van der Waals surface area contributed by atoms with Crippen LogP contribution in [0.15, 0.2) is 81.2 Å². The van der Waals surface area contributed by atoms with E-state index in [9.17, 15) is 22.8 Å². The van der Waals surface area contributed by atoms with Gasteiger partial charge in [0.15, 0.2) is 11.6 Å². The standard InChI is InChI=1S/C51H49F5N10O5/c1-26-17-33(18-27(2)40(26)52)66-43(63-15-14-62(47(63)69)37-10-8-35-34(41(37)53)23-61(58-35)25-51(54,55)56)39-29(4)64(24-49(12-13-49)42(39)59-66)44(67)38-20-32-19-30(31-11-16-70-48(5,6)22-31)7-9-36(32)65(38)50(21-28(50)3)45-57-46(68)71-60-45/h7-10,14-15,17-20,23,28-29,31H,11-13,16,21-22,24-25H2,1-6H3,(H,57,60,68)/t28-,29-,31-,50-/m0/s1. The average molecular weight is 977 g/mol. The minimum Gasteiger partial charge on any atom is -0.376 e. The van der Waals surface area contributed by atoms with Gasteiger partial charge in [-0.15, -0.1) is 0 Å². The lowest BCUT2D eigenvalue weighted by Gasteiger charge is -2.38. The summed E-state index contributed by atoms with van der Waals surface area (Å²) in [5.41, 5.74) is 1.82. The van der Waals surface area contributed by atoms with Crippen LogP contribution in [0.1, 0.15) is 116 Å². The lowest BCUT2D eigenvalue weighted by atomic mass is 9.83. The van der Waals surface area contributed by atoms with E-state index in [1.165, 1.54) is 29.1 Å². The van der Waals surface area contributed by atoms with Crippen molar-refractivity contribution in [3.05, 3.63) is 139 Å². The van der Waals surface area contributed by atoms with Gasteiger partial charge < -0.3 is 14.2 Å². The summed E-state index contributed by atoms with van der Waals surface area (Å²) in [6.45, 7) is 10.8. The Bertz CT molecular complexity index is 3630. The molecule has 20 heteroatoms. The van der Waals surface area contributed by atoms with Crippen LogP contribution in [0, 0.1) is 31.4 Å². The molecule has 5 aromatic heterocycles. The lowest BCUT2D eigenvalue weighted by molar-refractivity contribution is -0.142. The molecule has 3 aromatic carbocycles. The molecule has 0 bridgehead atoms. The van der Waals surface area contributed by atoms with Crippen LogP contribution in [-0.4, -0.2) is 79.1 Å². The van der Waals surface area contributed by atoms with Crippen molar-refractivity contribution < 1.29 is 36.0 Å². The summed E-state index contributed by atoms with van der Waals surface area (Å²) in [6.07, 6.45) is 2.75. The number of alkyl halides is 3. The zero-order chi connectivity index (χ0) is 49.8. The Balaban J connectivity index is 1.02. The van der Waals surface area contributed by atoms with Gasteiger partial charge in [0.1, 0.15) is 29.4 Å². The summed E-state index contributed by atoms with van der Waals surface area (Å²) < 4.78 is 89.2. The van der Waals surface area contributed by atoms with Crippen LogP contribution in [0.3, 0.4) is 0 Å². The molecule has 71 heavy (non-hydrogen) atoms. The summed E-state index contributed by atoms with van der Waals surface area (Å²) in [4.78, 5) is 47.9. The number of aromatic nitrogens is 9. The van der Waals surface area contributed by atoms with Crippen molar-refractivity contribution in [2.75, 3.05) is 13.2 Å². The van der Waals surface area contributed by atoms with Gasteiger partial charge in [-0.2, -0.15) is 23.4 Å². The highest BCUT2D eigenvalue weighted by molar-refractivity contribution is 6.00. The highest BCUT2D eigenvalue weighted by atomic mass is 19.4. The van der Waals surface area contributed by atoms with Gasteiger partial charge in [0, 0.05) is 53.6 Å². The quantitative estimate of drug-likeness (QED) is 0.148. The Kier molecular flexibility index (Phi) is 9.66. The molecule has 15 nitrogen and oxygen atoms in total. The number of H-pyrrole nitrogens is 1. The van der Waals surface area contributed by atoms with Crippen molar-refractivity contribution in [3.8, 4) is 17.2 Å². The number of hydrogen-bond acceptors (Lipinski definition) is 8. The van der Waals surface area contributed by atoms with E-state index in [1.54, 1.807) is 35.6 Å². The number of benzene rings is 3. The Morgan fingerprint density at radius 2 is 1.66 bits per heavy atom. The molecule has 4 atom stereocenters. The number of nitrogens with one attached hydrogen (secondary N) is 1. The topological polar surface area (TPSA) is 156 Å². The number of aryl methyl sites for hydroxylation is 2. The van der Waals surface area contributed by atoms with Gasteiger partial charge in [-0.3, -0.25) is 28.1 Å². The van der Waals surface area contributed by atoms with Gasteiger partial charge in [-0.1, -0.05) is 18.1 Å². The first kappa shape index (κ1) is 45.1. The molecule has 2 saturated carbocycles. The number of hydrogen-bond donors (Lipinski definition) is 1. The normalized spacial score (nSPS) is 22.5. The number of ether oxygens (including phenoxy) is 1. The lowest BCUT2D eigenvalue weighted by Crippen LogP contribution is -2.45. The van der Waals surface area contributed by atoms with E-state index in [4.69, 9.17) is 14.4 Å². The minimum atomic E-state index is -4.60. The Morgan fingerprint density at radius 1 is 0.930 bits per heavy atom. The fourth-order valence-electron chi connectivity index (χ4n) is 11.7. The zero-order valence-electron chi connectivity index (χ0n) is 39.7. The Hall–Kier alpha value is -7.09. The van der Waals surface area contributed by atoms with Crippen LogP contribution >= 0.6 is 0 Å². The van der Waals surface area contributed by atoms with Gasteiger partial charge in [0.25, 0.3) is 5.91 Å². The maximum absolute atomic E-state index is 16.4. The molecule has 1 N–H and O–H groups in total. The molecule has 0 unspecified atom stereocenters. The fourth-order valence-corrected chi connectivity index (χ4v) is 11.7. The highest BCUT2D eigenvalue weighted by Crippen LogP contribution is 2.58. The zero-order valence-corrected chi connectivity index (χ0v) is 39.7. The van der Waals surface area contributed by atoms with Gasteiger partial charge in [-0.25, -0.2) is 23.1 Å².